The van der Waals surface area contributed by atoms with Crippen molar-refractivity contribution in [3.63, 3.8) is 0 Å². The molecule has 0 atom stereocenters. The van der Waals surface area contributed by atoms with Gasteiger partial charge in [0.25, 0.3) is 0 Å². The third kappa shape index (κ3) is 3.27. The van der Waals surface area contributed by atoms with E-state index in [1.165, 1.54) is 25.3 Å². The summed E-state index contributed by atoms with van der Waals surface area (Å²) in [6.45, 7) is 2.70. The second kappa shape index (κ2) is 7.00. The molecule has 3 aromatic rings. The van der Waals surface area contributed by atoms with E-state index in [1.807, 2.05) is 29.1 Å². The monoisotopic (exact) mass is 369 g/mol. The minimum absolute atomic E-state index is 0.211. The highest BCUT2D eigenvalue weighted by atomic mass is 35.5. The van der Waals surface area contributed by atoms with E-state index >= 15 is 0 Å². The van der Waals surface area contributed by atoms with Gasteiger partial charge in [-0.1, -0.05) is 11.6 Å². The van der Waals surface area contributed by atoms with Gasteiger partial charge in [0.1, 0.15) is 0 Å². The number of carbonyl (C=O) groups is 1. The Balaban J connectivity index is 1.62. The van der Waals surface area contributed by atoms with Crippen molar-refractivity contribution in [2.45, 2.75) is 25.8 Å². The van der Waals surface area contributed by atoms with Gasteiger partial charge in [0.2, 0.25) is 0 Å². The summed E-state index contributed by atoms with van der Waals surface area (Å²) in [5.74, 6) is -0.981. The van der Waals surface area contributed by atoms with Crippen LogP contribution in [-0.2, 0) is 6.54 Å². The molecule has 0 amide bonds. The Morgan fingerprint density at radius 2 is 1.96 bits per heavy atom. The maximum atomic E-state index is 11.6. The lowest BCUT2D eigenvalue weighted by Gasteiger charge is -2.28. The number of aromatic nitrogens is 2. The number of pyridine rings is 1. The first-order chi connectivity index (χ1) is 12.6. The smallest absolute Gasteiger partial charge is 0.337 e. The number of benzene rings is 1. The first-order valence-electron chi connectivity index (χ1n) is 8.83. The molecule has 134 valence electrons. The van der Waals surface area contributed by atoms with Crippen LogP contribution in [0.25, 0.3) is 10.9 Å². The Hall–Kier alpha value is -2.53. The van der Waals surface area contributed by atoms with E-state index in [-0.39, 0.29) is 5.56 Å². The van der Waals surface area contributed by atoms with Crippen molar-refractivity contribution in [1.29, 1.82) is 0 Å². The highest BCUT2D eigenvalue weighted by molar-refractivity contribution is 6.32. The van der Waals surface area contributed by atoms with Gasteiger partial charge in [0.15, 0.2) is 0 Å². The van der Waals surface area contributed by atoms with Gasteiger partial charge in [-0.15, -0.1) is 0 Å². The zero-order valence-corrected chi connectivity index (χ0v) is 15.1. The number of aromatic carboxylic acids is 1. The molecule has 0 unspecified atom stereocenters. The van der Waals surface area contributed by atoms with Crippen LogP contribution in [0.15, 0.2) is 42.7 Å². The van der Waals surface area contributed by atoms with Gasteiger partial charge >= 0.3 is 5.97 Å². The molecule has 0 bridgehead atoms. The van der Waals surface area contributed by atoms with Crippen LogP contribution in [-0.4, -0.2) is 33.7 Å². The summed E-state index contributed by atoms with van der Waals surface area (Å²) in [5, 5.41) is 10.8. The molecular formula is C20H20ClN3O2. The van der Waals surface area contributed by atoms with Crippen LogP contribution in [0.2, 0.25) is 5.02 Å². The Kier molecular flexibility index (Phi) is 4.55. The van der Waals surface area contributed by atoms with Crippen LogP contribution >= 0.6 is 11.6 Å². The summed E-state index contributed by atoms with van der Waals surface area (Å²) in [7, 11) is 0. The van der Waals surface area contributed by atoms with Gasteiger partial charge < -0.3 is 14.6 Å². The van der Waals surface area contributed by atoms with E-state index in [4.69, 9.17) is 11.6 Å². The first kappa shape index (κ1) is 16.9. The second-order valence-electron chi connectivity index (χ2n) is 6.70. The summed E-state index contributed by atoms with van der Waals surface area (Å²) in [5.41, 5.74) is 2.93. The van der Waals surface area contributed by atoms with Crippen molar-refractivity contribution in [1.82, 2.24) is 9.55 Å². The topological polar surface area (TPSA) is 58.4 Å². The van der Waals surface area contributed by atoms with Crippen LogP contribution in [0.5, 0.6) is 0 Å². The molecule has 6 heteroatoms. The fourth-order valence-electron chi connectivity index (χ4n) is 3.63. The number of anilines is 1. The molecular weight excluding hydrogens is 350 g/mol. The van der Waals surface area contributed by atoms with Gasteiger partial charge in [-0.3, -0.25) is 4.98 Å². The zero-order valence-electron chi connectivity index (χ0n) is 14.4. The minimum Gasteiger partial charge on any atom is -0.478 e. The maximum Gasteiger partial charge on any atom is 0.337 e. The van der Waals surface area contributed by atoms with E-state index in [9.17, 15) is 9.90 Å². The number of hydrogen-bond donors (Lipinski definition) is 1. The van der Waals surface area contributed by atoms with Crippen molar-refractivity contribution in [2.24, 2.45) is 0 Å². The van der Waals surface area contributed by atoms with Crippen LogP contribution in [0.3, 0.4) is 0 Å². The average Bonchev–Trinajstić information content (AvgIpc) is 3.04. The molecule has 1 aromatic carbocycles. The van der Waals surface area contributed by atoms with Gasteiger partial charge in [-0.2, -0.15) is 0 Å². The van der Waals surface area contributed by atoms with Crippen molar-refractivity contribution in [2.75, 3.05) is 18.0 Å². The molecule has 0 spiro atoms. The molecule has 0 radical (unpaired) electrons. The summed E-state index contributed by atoms with van der Waals surface area (Å²) >= 11 is 6.04. The standard InChI is InChI=1S/C20H20ClN3O2/c21-15-10-14-6-9-24(19(14)18(11-15)20(25)26)13-16-4-5-17(12-22-16)23-7-2-1-3-8-23/h4-6,9-12H,1-3,7-8,13H2,(H,25,26). The fraction of sp³-hybridized carbons (Fsp3) is 0.300. The zero-order chi connectivity index (χ0) is 18.1. The second-order valence-corrected chi connectivity index (χ2v) is 7.13. The summed E-state index contributed by atoms with van der Waals surface area (Å²) in [6, 6.07) is 9.29. The summed E-state index contributed by atoms with van der Waals surface area (Å²) in [4.78, 5) is 18.6. The molecule has 26 heavy (non-hydrogen) atoms. The molecule has 5 nitrogen and oxygen atoms in total. The quantitative estimate of drug-likeness (QED) is 0.739. The van der Waals surface area contributed by atoms with Crippen LogP contribution in [0.4, 0.5) is 5.69 Å². The molecule has 1 saturated heterocycles. The Labute approximate surface area is 156 Å². The third-order valence-electron chi connectivity index (χ3n) is 4.92. The molecule has 0 aliphatic carbocycles. The normalized spacial score (nSPS) is 14.7. The first-order valence-corrected chi connectivity index (χ1v) is 9.21. The highest BCUT2D eigenvalue weighted by Gasteiger charge is 2.15. The van der Waals surface area contributed by atoms with Crippen LogP contribution in [0, 0.1) is 0 Å². The summed E-state index contributed by atoms with van der Waals surface area (Å²) in [6.07, 6.45) is 7.57. The number of fused-ring (bicyclic) bond motifs is 1. The van der Waals surface area contributed by atoms with E-state index < -0.39 is 5.97 Å². The van der Waals surface area contributed by atoms with Crippen molar-refractivity contribution >= 4 is 34.2 Å². The van der Waals surface area contributed by atoms with Crippen molar-refractivity contribution in [3.05, 3.63) is 59.0 Å². The Morgan fingerprint density at radius 3 is 2.65 bits per heavy atom. The van der Waals surface area contributed by atoms with E-state index in [0.29, 0.717) is 17.1 Å². The number of carboxylic acids is 1. The minimum atomic E-state index is -0.981. The van der Waals surface area contributed by atoms with Crippen molar-refractivity contribution < 1.29 is 9.90 Å². The number of hydrogen-bond acceptors (Lipinski definition) is 3. The van der Waals surface area contributed by atoms with Crippen LogP contribution in [0.1, 0.15) is 35.3 Å². The molecule has 1 aliphatic rings. The molecule has 1 fully saturated rings. The maximum absolute atomic E-state index is 11.6. The highest BCUT2D eigenvalue weighted by Crippen LogP contribution is 2.26. The lowest BCUT2D eigenvalue weighted by atomic mass is 10.1. The van der Waals surface area contributed by atoms with E-state index in [1.54, 1.807) is 6.07 Å². The lowest BCUT2D eigenvalue weighted by Crippen LogP contribution is -2.29. The SMILES string of the molecule is O=C(O)c1cc(Cl)cc2ccn(Cc3ccc(N4CCCCC4)cn3)c12. The largest absolute Gasteiger partial charge is 0.478 e. The molecule has 0 saturated carbocycles. The van der Waals surface area contributed by atoms with E-state index in [2.05, 4.69) is 16.0 Å². The van der Waals surface area contributed by atoms with Gasteiger partial charge in [0, 0.05) is 29.7 Å². The van der Waals surface area contributed by atoms with Crippen molar-refractivity contribution in [3.8, 4) is 0 Å². The molecule has 1 aliphatic heterocycles. The number of nitrogens with zero attached hydrogens (tertiary/aromatic N) is 3. The number of halogens is 1. The summed E-state index contributed by atoms with van der Waals surface area (Å²) < 4.78 is 1.91. The molecule has 2 aromatic heterocycles. The average molecular weight is 370 g/mol. The lowest BCUT2D eigenvalue weighted by molar-refractivity contribution is 0.0698. The predicted octanol–water partition coefficient (Wildman–Crippen LogP) is 4.43. The Bertz CT molecular complexity index is 944. The van der Waals surface area contributed by atoms with Gasteiger partial charge in [-0.05, 0) is 49.6 Å². The molecule has 3 heterocycles. The fourth-order valence-corrected chi connectivity index (χ4v) is 3.86. The molecule has 4 rings (SSSR count). The van der Waals surface area contributed by atoms with Gasteiger partial charge in [-0.25, -0.2) is 4.79 Å². The third-order valence-corrected chi connectivity index (χ3v) is 5.14. The number of rotatable bonds is 4. The number of carboxylic acid groups (broad SMARTS) is 1. The number of piperidine rings is 1. The molecule has 1 N–H and O–H groups in total. The predicted molar refractivity (Wildman–Crippen MR) is 103 cm³/mol. The Morgan fingerprint density at radius 1 is 1.15 bits per heavy atom. The van der Waals surface area contributed by atoms with Gasteiger partial charge in [0.05, 0.1) is 35.2 Å². The van der Waals surface area contributed by atoms with E-state index in [0.717, 1.165) is 29.9 Å². The van der Waals surface area contributed by atoms with Crippen LogP contribution < -0.4 is 4.90 Å².